The quantitative estimate of drug-likeness (QED) is 0.853. The molecule has 0 aromatic heterocycles. The molecular formula is C15H24N2O2. The van der Waals surface area contributed by atoms with Crippen molar-refractivity contribution in [2.45, 2.75) is 12.8 Å². The van der Waals surface area contributed by atoms with E-state index >= 15 is 0 Å². The van der Waals surface area contributed by atoms with Crippen LogP contribution in [0.25, 0.3) is 0 Å². The summed E-state index contributed by atoms with van der Waals surface area (Å²) >= 11 is 0. The second-order valence-electron chi connectivity index (χ2n) is 5.11. The number of hydrogen-bond acceptors (Lipinski definition) is 4. The minimum atomic E-state index is 0.777. The van der Waals surface area contributed by atoms with Gasteiger partial charge in [0, 0.05) is 25.3 Å². The minimum Gasteiger partial charge on any atom is -0.493 e. The van der Waals surface area contributed by atoms with E-state index in [1.54, 1.807) is 14.2 Å². The van der Waals surface area contributed by atoms with Crippen molar-refractivity contribution in [3.63, 3.8) is 0 Å². The molecule has 0 radical (unpaired) electrons. The lowest BCUT2D eigenvalue weighted by atomic mass is 10.0. The molecule has 0 amide bonds. The van der Waals surface area contributed by atoms with Gasteiger partial charge in [-0.1, -0.05) is 0 Å². The Kier molecular flexibility index (Phi) is 4.91. The van der Waals surface area contributed by atoms with E-state index in [0.29, 0.717) is 0 Å². The number of ether oxygens (including phenoxy) is 2. The van der Waals surface area contributed by atoms with E-state index in [1.807, 2.05) is 12.1 Å². The minimum absolute atomic E-state index is 0.777. The van der Waals surface area contributed by atoms with Crippen LogP contribution < -0.4 is 19.7 Å². The zero-order chi connectivity index (χ0) is 13.7. The van der Waals surface area contributed by atoms with Crippen LogP contribution in [0.2, 0.25) is 0 Å². The van der Waals surface area contributed by atoms with Gasteiger partial charge in [-0.3, -0.25) is 0 Å². The molecule has 0 spiro atoms. The molecule has 1 atom stereocenters. The maximum atomic E-state index is 5.34. The van der Waals surface area contributed by atoms with Crippen molar-refractivity contribution in [2.75, 3.05) is 45.8 Å². The first kappa shape index (κ1) is 14.0. The van der Waals surface area contributed by atoms with Gasteiger partial charge in [0.2, 0.25) is 0 Å². The normalized spacial score (nSPS) is 18.4. The van der Waals surface area contributed by atoms with Gasteiger partial charge >= 0.3 is 0 Å². The Morgan fingerprint density at radius 2 is 2.05 bits per heavy atom. The van der Waals surface area contributed by atoms with Crippen LogP contribution >= 0.6 is 0 Å². The third-order valence-corrected chi connectivity index (χ3v) is 3.84. The van der Waals surface area contributed by atoms with Crippen LogP contribution in [-0.2, 0) is 0 Å². The van der Waals surface area contributed by atoms with E-state index in [1.165, 1.54) is 31.6 Å². The van der Waals surface area contributed by atoms with Crippen LogP contribution in [0, 0.1) is 5.92 Å². The maximum absolute atomic E-state index is 5.34. The lowest BCUT2D eigenvalue weighted by Crippen LogP contribution is -2.21. The predicted octanol–water partition coefficient (Wildman–Crippen LogP) is 2.14. The smallest absolute Gasteiger partial charge is 0.162 e. The molecule has 1 aromatic carbocycles. The van der Waals surface area contributed by atoms with E-state index in [9.17, 15) is 0 Å². The highest BCUT2D eigenvalue weighted by atomic mass is 16.5. The molecule has 4 nitrogen and oxygen atoms in total. The lowest BCUT2D eigenvalue weighted by molar-refractivity contribution is 0.355. The molecule has 0 bridgehead atoms. The van der Waals surface area contributed by atoms with Gasteiger partial charge in [-0.05, 0) is 44.0 Å². The average Bonchev–Trinajstić information content (AvgIpc) is 2.97. The summed E-state index contributed by atoms with van der Waals surface area (Å²) in [6.45, 7) is 3.41. The molecule has 1 aliphatic heterocycles. The number of nitrogens with one attached hydrogen (secondary N) is 1. The molecule has 1 saturated heterocycles. The Hall–Kier alpha value is -1.42. The van der Waals surface area contributed by atoms with Crippen LogP contribution in [0.15, 0.2) is 18.2 Å². The van der Waals surface area contributed by atoms with E-state index in [4.69, 9.17) is 9.47 Å². The highest BCUT2D eigenvalue weighted by Crippen LogP contribution is 2.31. The summed E-state index contributed by atoms with van der Waals surface area (Å²) in [7, 11) is 5.46. The Bertz CT molecular complexity index is 403. The molecule has 106 valence electrons. The van der Waals surface area contributed by atoms with Crippen molar-refractivity contribution >= 4 is 5.69 Å². The van der Waals surface area contributed by atoms with Crippen molar-refractivity contribution in [1.29, 1.82) is 0 Å². The summed E-state index contributed by atoms with van der Waals surface area (Å²) in [5.74, 6) is 2.39. The van der Waals surface area contributed by atoms with Gasteiger partial charge in [-0.15, -0.1) is 0 Å². The number of methoxy groups -OCH3 is 2. The van der Waals surface area contributed by atoms with Crippen molar-refractivity contribution in [1.82, 2.24) is 5.32 Å². The Morgan fingerprint density at radius 3 is 2.68 bits per heavy atom. The van der Waals surface area contributed by atoms with Crippen molar-refractivity contribution < 1.29 is 9.47 Å². The van der Waals surface area contributed by atoms with Gasteiger partial charge in [0.1, 0.15) is 0 Å². The molecule has 1 aromatic rings. The molecule has 2 rings (SSSR count). The fourth-order valence-electron chi connectivity index (χ4n) is 2.53. The number of anilines is 1. The molecular weight excluding hydrogens is 240 g/mol. The van der Waals surface area contributed by atoms with Crippen molar-refractivity contribution in [2.24, 2.45) is 5.92 Å². The van der Waals surface area contributed by atoms with E-state index in [0.717, 1.165) is 24.0 Å². The predicted molar refractivity (Wildman–Crippen MR) is 78.4 cm³/mol. The topological polar surface area (TPSA) is 33.7 Å². The molecule has 1 aliphatic rings. The molecule has 19 heavy (non-hydrogen) atoms. The first-order valence-corrected chi connectivity index (χ1v) is 6.88. The van der Waals surface area contributed by atoms with Gasteiger partial charge in [0.15, 0.2) is 11.5 Å². The summed E-state index contributed by atoms with van der Waals surface area (Å²) in [5.41, 5.74) is 1.17. The van der Waals surface area contributed by atoms with E-state index in [2.05, 4.69) is 23.3 Å². The number of benzene rings is 1. The third-order valence-electron chi connectivity index (χ3n) is 3.84. The first-order valence-electron chi connectivity index (χ1n) is 6.88. The van der Waals surface area contributed by atoms with Crippen LogP contribution in [0.5, 0.6) is 11.5 Å². The van der Waals surface area contributed by atoms with Crippen LogP contribution in [0.1, 0.15) is 12.8 Å². The molecule has 1 unspecified atom stereocenters. The maximum Gasteiger partial charge on any atom is 0.162 e. The average molecular weight is 264 g/mol. The van der Waals surface area contributed by atoms with Crippen LogP contribution in [-0.4, -0.2) is 40.9 Å². The Labute approximate surface area is 115 Å². The van der Waals surface area contributed by atoms with Gasteiger partial charge in [-0.2, -0.15) is 0 Å². The van der Waals surface area contributed by atoms with Gasteiger partial charge < -0.3 is 19.7 Å². The zero-order valence-corrected chi connectivity index (χ0v) is 12.1. The summed E-state index contributed by atoms with van der Waals surface area (Å²) < 4.78 is 10.6. The third kappa shape index (κ3) is 3.53. The number of hydrogen-bond donors (Lipinski definition) is 1. The molecule has 1 heterocycles. The lowest BCUT2D eigenvalue weighted by Gasteiger charge is -2.22. The van der Waals surface area contributed by atoms with Crippen molar-refractivity contribution in [3.05, 3.63) is 18.2 Å². The van der Waals surface area contributed by atoms with Gasteiger partial charge in [0.05, 0.1) is 14.2 Å². The Balaban J connectivity index is 1.95. The summed E-state index contributed by atoms with van der Waals surface area (Å²) in [4.78, 5) is 2.28. The molecule has 1 fully saturated rings. The van der Waals surface area contributed by atoms with Gasteiger partial charge in [-0.25, -0.2) is 0 Å². The first-order chi connectivity index (χ1) is 9.24. The zero-order valence-electron chi connectivity index (χ0n) is 12.1. The highest BCUT2D eigenvalue weighted by Gasteiger charge is 2.15. The standard InChI is InChI=1S/C15H24N2O2/c1-17(9-7-12-6-8-16-11-12)13-4-5-14(18-2)15(10-13)19-3/h4-5,10,12,16H,6-9,11H2,1-3H3. The van der Waals surface area contributed by atoms with Crippen LogP contribution in [0.3, 0.4) is 0 Å². The summed E-state index contributed by atoms with van der Waals surface area (Å²) in [6.07, 6.45) is 2.54. The van der Waals surface area contributed by atoms with E-state index < -0.39 is 0 Å². The molecule has 1 N–H and O–H groups in total. The second kappa shape index (κ2) is 6.66. The van der Waals surface area contributed by atoms with Crippen LogP contribution in [0.4, 0.5) is 5.69 Å². The fourth-order valence-corrected chi connectivity index (χ4v) is 2.53. The summed E-state index contributed by atoms with van der Waals surface area (Å²) in [6, 6.07) is 6.07. The van der Waals surface area contributed by atoms with E-state index in [-0.39, 0.29) is 0 Å². The molecule has 4 heteroatoms. The SMILES string of the molecule is COc1ccc(N(C)CCC2CCNC2)cc1OC. The highest BCUT2D eigenvalue weighted by molar-refractivity contribution is 5.56. The molecule has 0 aliphatic carbocycles. The van der Waals surface area contributed by atoms with Crippen molar-refractivity contribution in [3.8, 4) is 11.5 Å². The monoisotopic (exact) mass is 264 g/mol. The second-order valence-corrected chi connectivity index (χ2v) is 5.11. The largest absolute Gasteiger partial charge is 0.493 e. The Morgan fingerprint density at radius 1 is 1.26 bits per heavy atom. The number of rotatable bonds is 6. The number of nitrogens with zero attached hydrogens (tertiary/aromatic N) is 1. The fraction of sp³-hybridized carbons (Fsp3) is 0.600. The molecule has 0 saturated carbocycles. The van der Waals surface area contributed by atoms with Gasteiger partial charge in [0.25, 0.3) is 0 Å². The summed E-state index contributed by atoms with van der Waals surface area (Å²) in [5, 5.41) is 3.41.